The summed E-state index contributed by atoms with van der Waals surface area (Å²) in [6, 6.07) is 0.0549. The molecule has 1 unspecified atom stereocenters. The first kappa shape index (κ1) is 16.3. The Hall–Kier alpha value is -1.53. The van der Waals surface area contributed by atoms with Crippen molar-refractivity contribution in [1.29, 1.82) is 0 Å². The number of rotatable bonds is 5. The van der Waals surface area contributed by atoms with Crippen LogP contribution in [0.1, 0.15) is 55.8 Å². The van der Waals surface area contributed by atoms with Gasteiger partial charge in [-0.15, -0.1) is 0 Å². The SMILES string of the molecule is NC(=O)CC1COCCN1Cc1cnc(C2CCCCC2)nc1. The van der Waals surface area contributed by atoms with Crippen molar-refractivity contribution in [3.8, 4) is 0 Å². The fourth-order valence-corrected chi connectivity index (χ4v) is 3.57. The molecule has 1 atom stereocenters. The number of nitrogens with zero attached hydrogens (tertiary/aromatic N) is 3. The standard InChI is InChI=1S/C17H26N4O2/c18-16(22)8-15-12-23-7-6-21(15)11-13-9-19-17(20-10-13)14-4-2-1-3-5-14/h9-10,14-15H,1-8,11-12H2,(H2,18,22). The van der Waals surface area contributed by atoms with E-state index in [9.17, 15) is 4.79 Å². The number of amides is 1. The molecule has 1 saturated heterocycles. The second kappa shape index (κ2) is 7.84. The summed E-state index contributed by atoms with van der Waals surface area (Å²) >= 11 is 0. The van der Waals surface area contributed by atoms with Crippen molar-refractivity contribution in [3.63, 3.8) is 0 Å². The first-order valence-corrected chi connectivity index (χ1v) is 8.63. The Morgan fingerprint density at radius 1 is 1.26 bits per heavy atom. The average Bonchev–Trinajstić information content (AvgIpc) is 2.58. The van der Waals surface area contributed by atoms with Crippen LogP contribution in [-0.4, -0.2) is 46.6 Å². The molecule has 0 spiro atoms. The molecule has 126 valence electrons. The largest absolute Gasteiger partial charge is 0.378 e. The van der Waals surface area contributed by atoms with E-state index in [0.717, 1.165) is 24.5 Å². The van der Waals surface area contributed by atoms with Gasteiger partial charge in [0, 0.05) is 49.4 Å². The lowest BCUT2D eigenvalue weighted by atomic mass is 9.89. The molecule has 6 nitrogen and oxygen atoms in total. The topological polar surface area (TPSA) is 81.3 Å². The highest BCUT2D eigenvalue weighted by Gasteiger charge is 2.25. The van der Waals surface area contributed by atoms with E-state index < -0.39 is 0 Å². The molecule has 0 radical (unpaired) electrons. The molecule has 2 heterocycles. The lowest BCUT2D eigenvalue weighted by Crippen LogP contribution is -2.46. The van der Waals surface area contributed by atoms with Crippen molar-refractivity contribution >= 4 is 5.91 Å². The van der Waals surface area contributed by atoms with Crippen LogP contribution in [0.2, 0.25) is 0 Å². The minimum Gasteiger partial charge on any atom is -0.378 e. The monoisotopic (exact) mass is 318 g/mol. The van der Waals surface area contributed by atoms with Gasteiger partial charge >= 0.3 is 0 Å². The van der Waals surface area contributed by atoms with Crippen molar-refractivity contribution in [3.05, 3.63) is 23.8 Å². The number of morpholine rings is 1. The predicted molar refractivity (Wildman–Crippen MR) is 86.7 cm³/mol. The number of nitrogens with two attached hydrogens (primary N) is 1. The van der Waals surface area contributed by atoms with Crippen LogP contribution in [-0.2, 0) is 16.1 Å². The van der Waals surface area contributed by atoms with Gasteiger partial charge in [-0.25, -0.2) is 9.97 Å². The summed E-state index contributed by atoms with van der Waals surface area (Å²) in [6.07, 6.45) is 10.6. The Balaban J connectivity index is 1.61. The Labute approximate surface area is 137 Å². The van der Waals surface area contributed by atoms with Crippen LogP contribution in [0.3, 0.4) is 0 Å². The van der Waals surface area contributed by atoms with E-state index in [1.807, 2.05) is 12.4 Å². The van der Waals surface area contributed by atoms with Crippen molar-refractivity contribution in [2.75, 3.05) is 19.8 Å². The Morgan fingerprint density at radius 3 is 2.70 bits per heavy atom. The summed E-state index contributed by atoms with van der Waals surface area (Å²) in [5.41, 5.74) is 6.42. The molecule has 0 aromatic carbocycles. The highest BCUT2D eigenvalue weighted by Crippen LogP contribution is 2.30. The number of hydrogen-bond donors (Lipinski definition) is 1. The molecule has 1 aliphatic carbocycles. The molecular weight excluding hydrogens is 292 g/mol. The summed E-state index contributed by atoms with van der Waals surface area (Å²) < 4.78 is 5.47. The zero-order chi connectivity index (χ0) is 16.1. The Kier molecular flexibility index (Phi) is 5.56. The highest BCUT2D eigenvalue weighted by molar-refractivity contribution is 5.74. The van der Waals surface area contributed by atoms with Crippen LogP contribution in [0.4, 0.5) is 0 Å². The molecule has 3 rings (SSSR count). The van der Waals surface area contributed by atoms with E-state index in [-0.39, 0.29) is 11.9 Å². The molecule has 1 amide bonds. The maximum Gasteiger partial charge on any atom is 0.219 e. The van der Waals surface area contributed by atoms with Gasteiger partial charge in [0.25, 0.3) is 0 Å². The van der Waals surface area contributed by atoms with Crippen molar-refractivity contribution in [1.82, 2.24) is 14.9 Å². The van der Waals surface area contributed by atoms with E-state index in [1.165, 1.54) is 32.1 Å². The van der Waals surface area contributed by atoms with Crippen LogP contribution in [0.5, 0.6) is 0 Å². The molecule has 1 aliphatic heterocycles. The molecule has 1 aromatic heterocycles. The second-order valence-corrected chi connectivity index (χ2v) is 6.65. The Bertz CT molecular complexity index is 514. The number of aromatic nitrogens is 2. The first-order valence-electron chi connectivity index (χ1n) is 8.63. The maximum atomic E-state index is 11.2. The maximum absolute atomic E-state index is 11.2. The zero-order valence-corrected chi connectivity index (χ0v) is 13.6. The minimum absolute atomic E-state index is 0.0549. The smallest absolute Gasteiger partial charge is 0.219 e. The number of carbonyl (C=O) groups is 1. The minimum atomic E-state index is -0.283. The summed E-state index contributed by atoms with van der Waals surface area (Å²) in [5.74, 6) is 1.24. The normalized spacial score (nSPS) is 23.7. The van der Waals surface area contributed by atoms with Gasteiger partial charge in [0.1, 0.15) is 5.82 Å². The number of hydrogen-bond acceptors (Lipinski definition) is 5. The first-order chi connectivity index (χ1) is 11.2. The van der Waals surface area contributed by atoms with Gasteiger partial charge in [-0.2, -0.15) is 0 Å². The average molecular weight is 318 g/mol. The van der Waals surface area contributed by atoms with E-state index in [2.05, 4.69) is 14.9 Å². The third-order valence-electron chi connectivity index (χ3n) is 4.87. The van der Waals surface area contributed by atoms with E-state index in [1.54, 1.807) is 0 Å². The van der Waals surface area contributed by atoms with Crippen LogP contribution >= 0.6 is 0 Å². The van der Waals surface area contributed by atoms with Gasteiger partial charge in [0.2, 0.25) is 5.91 Å². The van der Waals surface area contributed by atoms with Crippen molar-refractivity contribution in [2.45, 2.75) is 57.0 Å². The van der Waals surface area contributed by atoms with Crippen LogP contribution in [0.25, 0.3) is 0 Å². The molecule has 1 saturated carbocycles. The molecule has 1 aromatic rings. The third kappa shape index (κ3) is 4.48. The zero-order valence-electron chi connectivity index (χ0n) is 13.6. The van der Waals surface area contributed by atoms with Crippen LogP contribution in [0.15, 0.2) is 12.4 Å². The molecule has 6 heteroatoms. The van der Waals surface area contributed by atoms with Gasteiger partial charge in [-0.3, -0.25) is 9.69 Å². The van der Waals surface area contributed by atoms with E-state index >= 15 is 0 Å². The highest BCUT2D eigenvalue weighted by atomic mass is 16.5. The fraction of sp³-hybridized carbons (Fsp3) is 0.706. The quantitative estimate of drug-likeness (QED) is 0.892. The lowest BCUT2D eigenvalue weighted by Gasteiger charge is -2.34. The number of carbonyl (C=O) groups excluding carboxylic acids is 1. The van der Waals surface area contributed by atoms with Gasteiger partial charge < -0.3 is 10.5 Å². The molecule has 23 heavy (non-hydrogen) atoms. The second-order valence-electron chi connectivity index (χ2n) is 6.65. The molecule has 2 aliphatic rings. The molecule has 2 fully saturated rings. The third-order valence-corrected chi connectivity index (χ3v) is 4.87. The summed E-state index contributed by atoms with van der Waals surface area (Å²) in [6.45, 7) is 2.80. The van der Waals surface area contributed by atoms with E-state index in [0.29, 0.717) is 25.6 Å². The Morgan fingerprint density at radius 2 is 2.00 bits per heavy atom. The van der Waals surface area contributed by atoms with Gasteiger partial charge in [-0.05, 0) is 12.8 Å². The molecule has 0 bridgehead atoms. The van der Waals surface area contributed by atoms with Crippen LogP contribution in [0, 0.1) is 0 Å². The fourth-order valence-electron chi connectivity index (χ4n) is 3.57. The van der Waals surface area contributed by atoms with Crippen molar-refractivity contribution in [2.24, 2.45) is 5.73 Å². The van der Waals surface area contributed by atoms with Crippen molar-refractivity contribution < 1.29 is 9.53 Å². The van der Waals surface area contributed by atoms with Crippen LogP contribution < -0.4 is 5.73 Å². The summed E-state index contributed by atoms with van der Waals surface area (Å²) in [7, 11) is 0. The predicted octanol–water partition coefficient (Wildman–Crippen LogP) is 1.60. The lowest BCUT2D eigenvalue weighted by molar-refractivity contribution is -0.121. The number of ether oxygens (including phenoxy) is 1. The molecular formula is C17H26N4O2. The van der Waals surface area contributed by atoms with Gasteiger partial charge in [-0.1, -0.05) is 19.3 Å². The van der Waals surface area contributed by atoms with E-state index in [4.69, 9.17) is 10.5 Å². The van der Waals surface area contributed by atoms with Gasteiger partial charge in [0.15, 0.2) is 0 Å². The van der Waals surface area contributed by atoms with Gasteiger partial charge in [0.05, 0.1) is 13.2 Å². The molecule has 2 N–H and O–H groups in total. The summed E-state index contributed by atoms with van der Waals surface area (Å²) in [5, 5.41) is 0. The number of primary amides is 1. The summed E-state index contributed by atoms with van der Waals surface area (Å²) in [4.78, 5) is 22.6.